The topological polar surface area (TPSA) is 28.7 Å². The zero-order valence-corrected chi connectivity index (χ0v) is 11.8. The first-order valence-electron chi connectivity index (χ1n) is 6.31. The molecule has 0 spiro atoms. The number of hydrogen-bond acceptors (Lipinski definition) is 1. The average molecular weight is 310 g/mol. The van der Waals surface area contributed by atoms with E-state index in [0.29, 0.717) is 11.4 Å². The number of imidazole rings is 1. The maximum Gasteiger partial charge on any atom is 0.509 e. The lowest BCUT2D eigenvalue weighted by atomic mass is 9.80. The molecule has 0 bridgehead atoms. The van der Waals surface area contributed by atoms with Crippen molar-refractivity contribution in [1.29, 1.82) is 0 Å². The van der Waals surface area contributed by atoms with Gasteiger partial charge in [0.1, 0.15) is 5.82 Å². The SMILES string of the molecule is Cc1ccc2nc(-c3ccc([B-](F)(F)F)cc3Cl)[nH]c2c1. The first kappa shape index (κ1) is 14.0. The molecule has 2 aromatic carbocycles. The molecule has 7 heteroatoms. The van der Waals surface area contributed by atoms with Crippen LogP contribution in [0.5, 0.6) is 0 Å². The minimum absolute atomic E-state index is 0.0301. The van der Waals surface area contributed by atoms with E-state index in [9.17, 15) is 12.9 Å². The summed E-state index contributed by atoms with van der Waals surface area (Å²) >= 11 is 5.98. The van der Waals surface area contributed by atoms with Crippen molar-refractivity contribution in [2.75, 3.05) is 0 Å². The zero-order chi connectivity index (χ0) is 15.2. The van der Waals surface area contributed by atoms with Crippen LogP contribution in [0.1, 0.15) is 5.56 Å². The molecule has 21 heavy (non-hydrogen) atoms. The molecule has 0 saturated carbocycles. The number of aromatic amines is 1. The van der Waals surface area contributed by atoms with Crippen LogP contribution in [0.4, 0.5) is 12.9 Å². The Hall–Kier alpha value is -1.95. The van der Waals surface area contributed by atoms with E-state index in [1.165, 1.54) is 6.07 Å². The molecule has 1 N–H and O–H groups in total. The van der Waals surface area contributed by atoms with Crippen LogP contribution in [0, 0.1) is 6.92 Å². The zero-order valence-electron chi connectivity index (χ0n) is 11.0. The largest absolute Gasteiger partial charge is 0.509 e. The molecule has 0 unspecified atom stereocenters. The number of benzene rings is 2. The van der Waals surface area contributed by atoms with E-state index >= 15 is 0 Å². The van der Waals surface area contributed by atoms with Gasteiger partial charge in [-0.15, -0.1) is 5.46 Å². The Balaban J connectivity index is 2.10. The highest BCUT2D eigenvalue weighted by Gasteiger charge is 2.26. The molecular formula is C14H10BClF3N2-. The molecular weight excluding hydrogens is 299 g/mol. The Morgan fingerprint density at radius 1 is 1.10 bits per heavy atom. The van der Waals surface area contributed by atoms with Crippen LogP contribution < -0.4 is 5.46 Å². The van der Waals surface area contributed by atoms with Crippen LogP contribution in [0.2, 0.25) is 5.02 Å². The molecule has 3 rings (SSSR count). The number of aromatic nitrogens is 2. The van der Waals surface area contributed by atoms with E-state index in [-0.39, 0.29) is 5.02 Å². The van der Waals surface area contributed by atoms with E-state index in [1.54, 1.807) is 0 Å². The molecule has 1 aromatic heterocycles. The summed E-state index contributed by atoms with van der Waals surface area (Å²) in [6.45, 7) is -3.10. The van der Waals surface area contributed by atoms with Gasteiger partial charge in [0.15, 0.2) is 0 Å². The van der Waals surface area contributed by atoms with Crippen molar-refractivity contribution in [1.82, 2.24) is 9.97 Å². The number of nitrogens with zero attached hydrogens (tertiary/aromatic N) is 1. The highest BCUT2D eigenvalue weighted by Crippen LogP contribution is 2.28. The van der Waals surface area contributed by atoms with Crippen LogP contribution in [-0.4, -0.2) is 16.9 Å². The lowest BCUT2D eigenvalue weighted by Crippen LogP contribution is -2.33. The lowest BCUT2D eigenvalue weighted by molar-refractivity contribution is 0.501. The third-order valence-corrected chi connectivity index (χ3v) is 3.58. The maximum absolute atomic E-state index is 12.7. The van der Waals surface area contributed by atoms with E-state index in [4.69, 9.17) is 11.6 Å². The van der Waals surface area contributed by atoms with E-state index < -0.39 is 12.4 Å². The average Bonchev–Trinajstić information content (AvgIpc) is 2.80. The van der Waals surface area contributed by atoms with Gasteiger partial charge in [0.25, 0.3) is 0 Å². The fourth-order valence-electron chi connectivity index (χ4n) is 2.18. The third-order valence-electron chi connectivity index (χ3n) is 3.26. The smallest absolute Gasteiger partial charge is 0.445 e. The van der Waals surface area contributed by atoms with Gasteiger partial charge < -0.3 is 17.9 Å². The number of fused-ring (bicyclic) bond motifs is 1. The van der Waals surface area contributed by atoms with Gasteiger partial charge in [0.2, 0.25) is 0 Å². The quantitative estimate of drug-likeness (QED) is 0.705. The number of hydrogen-bond donors (Lipinski definition) is 1. The standard InChI is InChI=1S/C14H10BClF3N2/c1-8-2-5-12-13(6-8)21-14(20-12)10-4-3-9(7-11(10)16)15(17,18)19/h2-7H,1H3,(H,20,21)/q-1. The monoisotopic (exact) mass is 309 g/mol. The summed E-state index contributed by atoms with van der Waals surface area (Å²) in [5.74, 6) is 0.460. The first-order chi connectivity index (χ1) is 9.84. The second kappa shape index (κ2) is 4.81. The van der Waals surface area contributed by atoms with Gasteiger partial charge in [-0.3, -0.25) is 0 Å². The Bertz CT molecular complexity index is 827. The first-order valence-corrected chi connectivity index (χ1v) is 6.68. The van der Waals surface area contributed by atoms with Crippen molar-refractivity contribution in [3.8, 4) is 11.4 Å². The highest BCUT2D eigenvalue weighted by atomic mass is 35.5. The summed E-state index contributed by atoms with van der Waals surface area (Å²) in [6.07, 6.45) is 0. The fourth-order valence-corrected chi connectivity index (χ4v) is 2.46. The summed E-state index contributed by atoms with van der Waals surface area (Å²) in [6, 6.07) is 9.01. The van der Waals surface area contributed by atoms with Crippen molar-refractivity contribution in [3.63, 3.8) is 0 Å². The number of rotatable bonds is 2. The van der Waals surface area contributed by atoms with E-state index in [1.807, 2.05) is 25.1 Å². The summed E-state index contributed by atoms with van der Waals surface area (Å²) in [5, 5.41) is 0.0301. The molecule has 3 aromatic rings. The van der Waals surface area contributed by atoms with Gasteiger partial charge >= 0.3 is 6.98 Å². The number of aryl methyl sites for hydroxylation is 1. The van der Waals surface area contributed by atoms with Crippen LogP contribution in [-0.2, 0) is 0 Å². The molecule has 0 amide bonds. The molecule has 1 heterocycles. The van der Waals surface area contributed by atoms with Crippen molar-refractivity contribution < 1.29 is 12.9 Å². The Labute approximate surface area is 124 Å². The Morgan fingerprint density at radius 2 is 1.86 bits per heavy atom. The lowest BCUT2D eigenvalue weighted by Gasteiger charge is -2.15. The minimum atomic E-state index is -5.05. The molecule has 0 aliphatic carbocycles. The number of H-pyrrole nitrogens is 1. The van der Waals surface area contributed by atoms with Crippen LogP contribution in [0.3, 0.4) is 0 Å². The van der Waals surface area contributed by atoms with Gasteiger partial charge in [-0.05, 0) is 24.6 Å². The molecule has 0 fully saturated rings. The maximum atomic E-state index is 12.7. The molecule has 0 aliphatic heterocycles. The predicted octanol–water partition coefficient (Wildman–Crippen LogP) is 4.25. The molecule has 108 valence electrons. The minimum Gasteiger partial charge on any atom is -0.445 e. The molecule has 0 saturated heterocycles. The summed E-state index contributed by atoms with van der Waals surface area (Å²) in [7, 11) is 0. The van der Waals surface area contributed by atoms with Gasteiger partial charge in [-0.2, -0.15) is 0 Å². The molecule has 0 atom stereocenters. The van der Waals surface area contributed by atoms with E-state index in [0.717, 1.165) is 28.7 Å². The normalized spacial score (nSPS) is 12.0. The van der Waals surface area contributed by atoms with Crippen molar-refractivity contribution in [2.24, 2.45) is 0 Å². The molecule has 0 aliphatic rings. The van der Waals surface area contributed by atoms with Crippen LogP contribution >= 0.6 is 11.6 Å². The Morgan fingerprint density at radius 3 is 2.52 bits per heavy atom. The fraction of sp³-hybridized carbons (Fsp3) is 0.0714. The molecule has 2 nitrogen and oxygen atoms in total. The second-order valence-corrected chi connectivity index (χ2v) is 5.33. The Kier molecular flexibility index (Phi) is 3.21. The van der Waals surface area contributed by atoms with Crippen molar-refractivity contribution >= 4 is 35.1 Å². The van der Waals surface area contributed by atoms with E-state index in [2.05, 4.69) is 9.97 Å². The van der Waals surface area contributed by atoms with Gasteiger partial charge in [-0.1, -0.05) is 35.9 Å². The third kappa shape index (κ3) is 2.63. The second-order valence-electron chi connectivity index (χ2n) is 4.92. The summed E-state index contributed by atoms with van der Waals surface area (Å²) < 4.78 is 38.1. The number of halogens is 4. The van der Waals surface area contributed by atoms with Gasteiger partial charge in [0.05, 0.1) is 11.0 Å². The number of nitrogens with one attached hydrogen (secondary N) is 1. The van der Waals surface area contributed by atoms with Gasteiger partial charge in [-0.25, -0.2) is 4.98 Å². The molecule has 0 radical (unpaired) electrons. The van der Waals surface area contributed by atoms with Crippen LogP contribution in [0.25, 0.3) is 22.4 Å². The predicted molar refractivity (Wildman–Crippen MR) is 80.0 cm³/mol. The highest BCUT2D eigenvalue weighted by molar-refractivity contribution is 6.73. The van der Waals surface area contributed by atoms with Crippen molar-refractivity contribution in [3.05, 3.63) is 47.0 Å². The summed E-state index contributed by atoms with van der Waals surface area (Å²) in [5.41, 5.74) is 2.38. The van der Waals surface area contributed by atoms with Gasteiger partial charge in [0, 0.05) is 10.6 Å². The van der Waals surface area contributed by atoms with Crippen molar-refractivity contribution in [2.45, 2.75) is 6.92 Å². The van der Waals surface area contributed by atoms with Crippen LogP contribution in [0.15, 0.2) is 36.4 Å². The summed E-state index contributed by atoms with van der Waals surface area (Å²) in [4.78, 5) is 7.44.